The van der Waals surface area contributed by atoms with Crippen molar-refractivity contribution >= 4 is 35.7 Å². The molecule has 1 saturated heterocycles. The normalized spacial score (nSPS) is 19.0. The van der Waals surface area contributed by atoms with Crippen molar-refractivity contribution in [3.8, 4) is 0 Å². The van der Waals surface area contributed by atoms with E-state index in [1.54, 1.807) is 11.1 Å². The Morgan fingerprint density at radius 2 is 1.76 bits per heavy atom. The number of rotatable bonds is 6. The van der Waals surface area contributed by atoms with Gasteiger partial charge in [0.2, 0.25) is 0 Å². The number of benzene rings is 2. The molecular formula is C28H39Cl2N3. The summed E-state index contributed by atoms with van der Waals surface area (Å²) >= 11 is 0. The van der Waals surface area contributed by atoms with Crippen LogP contribution in [0.25, 0.3) is 10.9 Å². The largest absolute Gasteiger partial charge is 0.361 e. The van der Waals surface area contributed by atoms with Gasteiger partial charge in [0.15, 0.2) is 0 Å². The maximum absolute atomic E-state index is 3.42. The van der Waals surface area contributed by atoms with Gasteiger partial charge in [-0.05, 0) is 98.8 Å². The summed E-state index contributed by atoms with van der Waals surface area (Å²) < 4.78 is 0. The van der Waals surface area contributed by atoms with Crippen LogP contribution in [0.15, 0.2) is 42.6 Å². The van der Waals surface area contributed by atoms with Gasteiger partial charge in [-0.25, -0.2) is 0 Å². The quantitative estimate of drug-likeness (QED) is 0.438. The standard InChI is InChI=1S/C28H37N3.2ClH/c1-21-15-24-11-14-31(20-26(24)16-22(21)2)19-23-7-5-12-30(18-23)13-6-8-25-17-29-28-10-4-3-9-27(25)28;;/h3-4,9-10,15-17,23,29H,5-8,11-14,18-20H2,1-2H3;2*1H. The summed E-state index contributed by atoms with van der Waals surface area (Å²) in [5, 5.41) is 1.40. The van der Waals surface area contributed by atoms with E-state index in [4.69, 9.17) is 0 Å². The number of nitrogens with one attached hydrogen (secondary N) is 1. The van der Waals surface area contributed by atoms with Crippen molar-refractivity contribution in [1.29, 1.82) is 0 Å². The average molecular weight is 489 g/mol. The smallest absolute Gasteiger partial charge is 0.0456 e. The number of nitrogens with zero attached hydrogens (tertiary/aromatic N) is 2. The number of aryl methyl sites for hydroxylation is 3. The minimum Gasteiger partial charge on any atom is -0.361 e. The van der Waals surface area contributed by atoms with Crippen LogP contribution in [0.3, 0.4) is 0 Å². The predicted octanol–water partition coefficient (Wildman–Crippen LogP) is 6.33. The molecule has 1 atom stereocenters. The molecule has 0 aliphatic carbocycles. The molecular weight excluding hydrogens is 449 g/mol. The molecule has 1 aromatic heterocycles. The summed E-state index contributed by atoms with van der Waals surface area (Å²) in [7, 11) is 0. The highest BCUT2D eigenvalue weighted by atomic mass is 35.5. The van der Waals surface area contributed by atoms with Crippen molar-refractivity contribution in [1.82, 2.24) is 14.8 Å². The van der Waals surface area contributed by atoms with Gasteiger partial charge in [0, 0.05) is 43.3 Å². The lowest BCUT2D eigenvalue weighted by Gasteiger charge is -2.37. The van der Waals surface area contributed by atoms with Gasteiger partial charge in [0.1, 0.15) is 0 Å². The van der Waals surface area contributed by atoms with E-state index in [2.05, 4.69) is 71.2 Å². The topological polar surface area (TPSA) is 22.3 Å². The number of para-hydroxylation sites is 1. The van der Waals surface area contributed by atoms with Crippen molar-refractivity contribution in [2.24, 2.45) is 5.92 Å². The minimum absolute atomic E-state index is 0. The fraction of sp³-hybridized carbons (Fsp3) is 0.500. The molecule has 0 amide bonds. The zero-order valence-corrected chi connectivity index (χ0v) is 21.7. The summed E-state index contributed by atoms with van der Waals surface area (Å²) in [6.07, 6.45) is 8.62. The number of H-pyrrole nitrogens is 1. The highest BCUT2D eigenvalue weighted by Gasteiger charge is 2.24. The Morgan fingerprint density at radius 3 is 2.61 bits per heavy atom. The van der Waals surface area contributed by atoms with E-state index in [1.165, 1.54) is 92.4 Å². The number of hydrogen-bond acceptors (Lipinski definition) is 2. The molecule has 3 heterocycles. The molecule has 1 unspecified atom stereocenters. The van der Waals surface area contributed by atoms with Crippen LogP contribution in [0.1, 0.15) is 47.1 Å². The lowest BCUT2D eigenvalue weighted by molar-refractivity contribution is 0.126. The molecule has 180 valence electrons. The van der Waals surface area contributed by atoms with Gasteiger partial charge in [-0.1, -0.05) is 30.3 Å². The Hall–Kier alpha value is -1.52. The zero-order chi connectivity index (χ0) is 21.2. The predicted molar refractivity (Wildman–Crippen MR) is 145 cm³/mol. The minimum atomic E-state index is 0. The molecule has 33 heavy (non-hydrogen) atoms. The Morgan fingerprint density at radius 1 is 0.970 bits per heavy atom. The van der Waals surface area contributed by atoms with Crippen LogP contribution in [0.2, 0.25) is 0 Å². The monoisotopic (exact) mass is 487 g/mol. The fourth-order valence-corrected chi connectivity index (χ4v) is 5.77. The number of aromatic nitrogens is 1. The Kier molecular flexibility index (Phi) is 9.29. The third-order valence-corrected chi connectivity index (χ3v) is 7.62. The van der Waals surface area contributed by atoms with E-state index in [9.17, 15) is 0 Å². The van der Waals surface area contributed by atoms with Crippen molar-refractivity contribution in [2.75, 3.05) is 32.7 Å². The molecule has 5 rings (SSSR count). The average Bonchev–Trinajstić information content (AvgIpc) is 3.18. The van der Waals surface area contributed by atoms with Crippen LogP contribution < -0.4 is 0 Å². The highest BCUT2D eigenvalue weighted by molar-refractivity contribution is 5.85. The first kappa shape index (κ1) is 26.1. The van der Waals surface area contributed by atoms with Crippen LogP contribution in [-0.2, 0) is 19.4 Å². The third-order valence-electron chi connectivity index (χ3n) is 7.62. The maximum atomic E-state index is 3.42. The van der Waals surface area contributed by atoms with Crippen molar-refractivity contribution < 1.29 is 0 Å². The Balaban J connectivity index is 0.00000153. The molecule has 5 heteroatoms. The molecule has 1 N–H and O–H groups in total. The Bertz CT molecular complexity index is 1040. The fourth-order valence-electron chi connectivity index (χ4n) is 5.77. The van der Waals surface area contributed by atoms with E-state index in [0.29, 0.717) is 0 Å². The first-order valence-electron chi connectivity index (χ1n) is 12.2. The van der Waals surface area contributed by atoms with Crippen LogP contribution in [0.4, 0.5) is 0 Å². The van der Waals surface area contributed by atoms with Crippen LogP contribution in [0, 0.1) is 19.8 Å². The summed E-state index contributed by atoms with van der Waals surface area (Å²) in [6.45, 7) is 11.9. The van der Waals surface area contributed by atoms with Crippen molar-refractivity contribution in [2.45, 2.75) is 52.5 Å². The molecule has 2 aliphatic heterocycles. The molecule has 3 aromatic rings. The summed E-state index contributed by atoms with van der Waals surface area (Å²) in [5.41, 5.74) is 8.79. The number of aromatic amines is 1. The SMILES string of the molecule is Cc1cc2c(cc1C)CN(CC1CCCN(CCCc3c[nH]c4ccccc34)C1)CC2.Cl.Cl. The van der Waals surface area contributed by atoms with Gasteiger partial charge in [0.05, 0.1) is 0 Å². The summed E-state index contributed by atoms with van der Waals surface area (Å²) in [4.78, 5) is 8.87. The second kappa shape index (κ2) is 11.8. The van der Waals surface area contributed by atoms with Gasteiger partial charge in [-0.2, -0.15) is 0 Å². The number of likely N-dealkylation sites (tertiary alicyclic amines) is 1. The molecule has 1 fully saturated rings. The maximum Gasteiger partial charge on any atom is 0.0456 e. The van der Waals surface area contributed by atoms with Gasteiger partial charge >= 0.3 is 0 Å². The molecule has 0 bridgehead atoms. The molecule has 2 aliphatic rings. The third kappa shape index (κ3) is 6.14. The lowest BCUT2D eigenvalue weighted by atomic mass is 9.92. The van der Waals surface area contributed by atoms with Crippen molar-refractivity contribution in [3.63, 3.8) is 0 Å². The summed E-state index contributed by atoms with van der Waals surface area (Å²) in [6, 6.07) is 13.6. The second-order valence-electron chi connectivity index (χ2n) is 9.96. The molecule has 0 radical (unpaired) electrons. The number of halogens is 2. The van der Waals surface area contributed by atoms with E-state index < -0.39 is 0 Å². The first-order chi connectivity index (χ1) is 15.2. The first-order valence-corrected chi connectivity index (χ1v) is 12.2. The van der Waals surface area contributed by atoms with Gasteiger partial charge in [-0.3, -0.25) is 4.90 Å². The van der Waals surface area contributed by atoms with Crippen LogP contribution in [-0.4, -0.2) is 47.5 Å². The Labute approximate surface area is 211 Å². The van der Waals surface area contributed by atoms with Gasteiger partial charge < -0.3 is 9.88 Å². The lowest BCUT2D eigenvalue weighted by Crippen LogP contribution is -2.42. The molecule has 0 spiro atoms. The number of piperidine rings is 1. The van der Waals surface area contributed by atoms with E-state index in [0.717, 1.165) is 12.5 Å². The van der Waals surface area contributed by atoms with Crippen molar-refractivity contribution in [3.05, 3.63) is 70.4 Å². The van der Waals surface area contributed by atoms with E-state index >= 15 is 0 Å². The molecule has 2 aromatic carbocycles. The van der Waals surface area contributed by atoms with E-state index in [1.807, 2.05) is 0 Å². The summed E-state index contributed by atoms with van der Waals surface area (Å²) in [5.74, 6) is 0.829. The van der Waals surface area contributed by atoms with Gasteiger partial charge in [-0.15, -0.1) is 24.8 Å². The number of fused-ring (bicyclic) bond motifs is 2. The molecule has 0 saturated carbocycles. The zero-order valence-electron chi connectivity index (χ0n) is 20.1. The molecule has 3 nitrogen and oxygen atoms in total. The highest BCUT2D eigenvalue weighted by Crippen LogP contribution is 2.26. The number of hydrogen-bond donors (Lipinski definition) is 1. The van der Waals surface area contributed by atoms with Gasteiger partial charge in [0.25, 0.3) is 0 Å². The van der Waals surface area contributed by atoms with E-state index in [-0.39, 0.29) is 24.8 Å². The van der Waals surface area contributed by atoms with Crippen LogP contribution >= 0.6 is 24.8 Å². The second-order valence-corrected chi connectivity index (χ2v) is 9.96. The van der Waals surface area contributed by atoms with Crippen LogP contribution in [0.5, 0.6) is 0 Å².